The summed E-state index contributed by atoms with van der Waals surface area (Å²) in [7, 11) is 0. The van der Waals surface area contributed by atoms with Crippen LogP contribution in [0.5, 0.6) is 0 Å². The molecule has 0 saturated carbocycles. The molecule has 0 radical (unpaired) electrons. The maximum Gasteiger partial charge on any atom is 0.401 e. The minimum atomic E-state index is -4.14. The number of thioether (sulfide) groups is 1. The van der Waals surface area contributed by atoms with Crippen molar-refractivity contribution in [1.82, 2.24) is 5.32 Å². The molecule has 1 atom stereocenters. The van der Waals surface area contributed by atoms with E-state index in [4.69, 9.17) is 0 Å². The predicted octanol–water partition coefficient (Wildman–Crippen LogP) is 4.08. The van der Waals surface area contributed by atoms with E-state index in [1.165, 1.54) is 0 Å². The van der Waals surface area contributed by atoms with E-state index in [2.05, 4.69) is 21.2 Å². The van der Waals surface area contributed by atoms with Gasteiger partial charge in [0.2, 0.25) is 0 Å². The zero-order chi connectivity index (χ0) is 12.9. The van der Waals surface area contributed by atoms with Crippen molar-refractivity contribution in [2.75, 3.05) is 13.1 Å². The van der Waals surface area contributed by atoms with Crippen LogP contribution in [-0.4, -0.2) is 24.5 Å². The topological polar surface area (TPSA) is 12.0 Å². The zero-order valence-corrected chi connectivity index (χ0v) is 11.6. The first-order valence-corrected chi connectivity index (χ1v) is 6.74. The van der Waals surface area contributed by atoms with Gasteiger partial charge in [0.1, 0.15) is 0 Å². The van der Waals surface area contributed by atoms with Gasteiger partial charge in [-0.2, -0.15) is 13.2 Å². The molecular formula is C11H13BrF3NS. The molecule has 1 N–H and O–H groups in total. The van der Waals surface area contributed by atoms with Crippen molar-refractivity contribution >= 4 is 27.7 Å². The lowest BCUT2D eigenvalue weighted by atomic mass is 10.4. The third-order valence-electron chi connectivity index (χ3n) is 1.91. The van der Waals surface area contributed by atoms with Crippen LogP contribution in [0.15, 0.2) is 33.6 Å². The van der Waals surface area contributed by atoms with Crippen LogP contribution >= 0.6 is 27.7 Å². The summed E-state index contributed by atoms with van der Waals surface area (Å²) in [6, 6.07) is 7.71. The average Bonchev–Trinajstić information content (AvgIpc) is 2.19. The zero-order valence-electron chi connectivity index (χ0n) is 9.22. The van der Waals surface area contributed by atoms with Crippen molar-refractivity contribution < 1.29 is 13.2 Å². The van der Waals surface area contributed by atoms with E-state index < -0.39 is 12.7 Å². The Labute approximate surface area is 111 Å². The molecule has 1 unspecified atom stereocenters. The molecule has 1 aromatic carbocycles. The highest BCUT2D eigenvalue weighted by Gasteiger charge is 2.26. The minimum Gasteiger partial charge on any atom is -0.308 e. The quantitative estimate of drug-likeness (QED) is 0.818. The van der Waals surface area contributed by atoms with Crippen molar-refractivity contribution in [3.8, 4) is 0 Å². The predicted molar refractivity (Wildman–Crippen MR) is 68.4 cm³/mol. The van der Waals surface area contributed by atoms with Gasteiger partial charge in [0, 0.05) is 21.2 Å². The van der Waals surface area contributed by atoms with E-state index >= 15 is 0 Å². The van der Waals surface area contributed by atoms with E-state index in [0.717, 1.165) is 9.37 Å². The van der Waals surface area contributed by atoms with E-state index in [1.807, 2.05) is 31.2 Å². The molecule has 0 aliphatic carbocycles. The molecule has 0 fully saturated rings. The number of rotatable bonds is 5. The highest BCUT2D eigenvalue weighted by molar-refractivity contribution is 9.10. The highest BCUT2D eigenvalue weighted by atomic mass is 79.9. The molecule has 1 nitrogen and oxygen atoms in total. The fourth-order valence-electron chi connectivity index (χ4n) is 1.20. The fourth-order valence-corrected chi connectivity index (χ4v) is 2.43. The molecule has 0 aromatic heterocycles. The summed E-state index contributed by atoms with van der Waals surface area (Å²) in [4.78, 5) is 1.05. The first-order valence-electron chi connectivity index (χ1n) is 5.06. The second kappa shape index (κ2) is 6.66. The normalized spacial score (nSPS) is 13.7. The number of benzene rings is 1. The van der Waals surface area contributed by atoms with Crippen LogP contribution in [0.25, 0.3) is 0 Å². The van der Waals surface area contributed by atoms with Gasteiger partial charge in [0.15, 0.2) is 0 Å². The Kier molecular flexibility index (Phi) is 5.82. The minimum absolute atomic E-state index is 0.0959. The molecular weight excluding hydrogens is 315 g/mol. The Morgan fingerprint density at radius 1 is 1.29 bits per heavy atom. The van der Waals surface area contributed by atoms with Gasteiger partial charge < -0.3 is 5.32 Å². The summed E-state index contributed by atoms with van der Waals surface area (Å²) in [5.41, 5.74) is 0. The van der Waals surface area contributed by atoms with Crippen LogP contribution in [0.2, 0.25) is 0 Å². The average molecular weight is 328 g/mol. The molecule has 96 valence electrons. The van der Waals surface area contributed by atoms with Crippen molar-refractivity contribution in [2.45, 2.75) is 23.2 Å². The van der Waals surface area contributed by atoms with Crippen LogP contribution in [-0.2, 0) is 0 Å². The second-order valence-electron chi connectivity index (χ2n) is 3.63. The van der Waals surface area contributed by atoms with Crippen molar-refractivity contribution in [1.29, 1.82) is 0 Å². The van der Waals surface area contributed by atoms with Gasteiger partial charge in [0.25, 0.3) is 0 Å². The van der Waals surface area contributed by atoms with Crippen molar-refractivity contribution in [3.63, 3.8) is 0 Å². The third kappa shape index (κ3) is 6.95. The molecule has 1 aromatic rings. The number of hydrogen-bond donors (Lipinski definition) is 1. The Balaban J connectivity index is 2.30. The van der Waals surface area contributed by atoms with Crippen molar-refractivity contribution in [2.24, 2.45) is 0 Å². The number of nitrogens with one attached hydrogen (secondary N) is 1. The smallest absolute Gasteiger partial charge is 0.308 e. The third-order valence-corrected chi connectivity index (χ3v) is 3.55. The lowest BCUT2D eigenvalue weighted by molar-refractivity contribution is -0.124. The maximum atomic E-state index is 11.9. The lowest BCUT2D eigenvalue weighted by Crippen LogP contribution is -2.32. The molecule has 1 rings (SSSR count). The fraction of sp³-hybridized carbons (Fsp3) is 0.455. The SMILES string of the molecule is CC(CNCC(F)(F)F)Sc1ccc(Br)cc1. The number of alkyl halides is 3. The number of halogens is 4. The van der Waals surface area contributed by atoms with E-state index in [1.54, 1.807) is 11.8 Å². The van der Waals surface area contributed by atoms with E-state index in [-0.39, 0.29) is 5.25 Å². The summed E-state index contributed by atoms with van der Waals surface area (Å²) in [6.45, 7) is 1.30. The van der Waals surface area contributed by atoms with Crippen LogP contribution in [0, 0.1) is 0 Å². The summed E-state index contributed by atoms with van der Waals surface area (Å²) < 4.78 is 36.7. The van der Waals surface area contributed by atoms with Crippen LogP contribution in [0.3, 0.4) is 0 Å². The molecule has 0 saturated heterocycles. The summed E-state index contributed by atoms with van der Waals surface area (Å²) >= 11 is 4.88. The molecule has 0 heterocycles. The van der Waals surface area contributed by atoms with Gasteiger partial charge >= 0.3 is 6.18 Å². The lowest BCUT2D eigenvalue weighted by Gasteiger charge is -2.13. The van der Waals surface area contributed by atoms with Crippen LogP contribution < -0.4 is 5.32 Å². The van der Waals surface area contributed by atoms with Gasteiger partial charge in [0.05, 0.1) is 6.54 Å². The van der Waals surface area contributed by atoms with Crippen LogP contribution in [0.4, 0.5) is 13.2 Å². The monoisotopic (exact) mass is 327 g/mol. The highest BCUT2D eigenvalue weighted by Crippen LogP contribution is 2.24. The van der Waals surface area contributed by atoms with Crippen molar-refractivity contribution in [3.05, 3.63) is 28.7 Å². The molecule has 6 heteroatoms. The van der Waals surface area contributed by atoms with Gasteiger partial charge in [-0.1, -0.05) is 22.9 Å². The molecule has 0 bridgehead atoms. The molecule has 0 spiro atoms. The Hall–Kier alpha value is -0.200. The molecule has 17 heavy (non-hydrogen) atoms. The summed E-state index contributed by atoms with van der Waals surface area (Å²) in [5.74, 6) is 0. The largest absolute Gasteiger partial charge is 0.401 e. The first-order chi connectivity index (χ1) is 7.87. The van der Waals surface area contributed by atoms with Gasteiger partial charge in [-0.25, -0.2) is 0 Å². The molecule has 0 aliphatic rings. The van der Waals surface area contributed by atoms with Gasteiger partial charge in [-0.3, -0.25) is 0 Å². The standard InChI is InChI=1S/C11H13BrF3NS/c1-8(6-16-7-11(13,14)15)17-10-4-2-9(12)3-5-10/h2-5,8,16H,6-7H2,1H3. The maximum absolute atomic E-state index is 11.9. The van der Waals surface area contributed by atoms with E-state index in [0.29, 0.717) is 6.54 Å². The van der Waals surface area contributed by atoms with Gasteiger partial charge in [-0.15, -0.1) is 11.8 Å². The Morgan fingerprint density at radius 2 is 1.88 bits per heavy atom. The second-order valence-corrected chi connectivity index (χ2v) is 6.06. The summed E-state index contributed by atoms with van der Waals surface area (Å²) in [5, 5.41) is 2.50. The van der Waals surface area contributed by atoms with Crippen LogP contribution in [0.1, 0.15) is 6.92 Å². The number of hydrogen-bond acceptors (Lipinski definition) is 2. The van der Waals surface area contributed by atoms with Gasteiger partial charge in [-0.05, 0) is 24.3 Å². The Bertz CT molecular complexity index is 340. The molecule has 0 amide bonds. The first kappa shape index (κ1) is 14.9. The summed E-state index contributed by atoms with van der Waals surface area (Å²) in [6.07, 6.45) is -4.14. The molecule has 0 aliphatic heterocycles. The Morgan fingerprint density at radius 3 is 2.41 bits per heavy atom. The van der Waals surface area contributed by atoms with E-state index in [9.17, 15) is 13.2 Å².